The number of hydrogen-bond donors (Lipinski definition) is 3. The minimum Gasteiger partial charge on any atom is -0.508 e. The van der Waals surface area contributed by atoms with Crippen LogP contribution in [0.15, 0.2) is 77.0 Å². The van der Waals surface area contributed by atoms with Crippen molar-refractivity contribution in [3.05, 3.63) is 77.9 Å². The molecule has 0 spiro atoms. The standard InChI is InChI=1S/C28H29N5O4S/c1-28(2,3)20-8-5-18(6-9-20)26-31-32-27(33(26)21-10-13-23(37-4)14-11-21)38-17-25(36)30-29-16-19-7-12-22(34)15-24(19)35/h5-16,34-35H,17H2,1-4H3,(H,30,36)/b29-16+. The molecule has 4 rings (SSSR count). The number of aromatic hydroxyl groups is 2. The third-order valence-corrected chi connectivity index (χ3v) is 6.64. The molecule has 1 amide bonds. The molecule has 3 aromatic carbocycles. The van der Waals surface area contributed by atoms with E-state index >= 15 is 0 Å². The van der Waals surface area contributed by atoms with Crippen LogP contribution in [0.4, 0.5) is 0 Å². The fraction of sp³-hybridized carbons (Fsp3) is 0.214. The van der Waals surface area contributed by atoms with Gasteiger partial charge in [-0.15, -0.1) is 10.2 Å². The molecule has 1 heterocycles. The van der Waals surface area contributed by atoms with Gasteiger partial charge in [-0.3, -0.25) is 9.36 Å². The van der Waals surface area contributed by atoms with Gasteiger partial charge in [0.05, 0.1) is 19.1 Å². The molecule has 0 aliphatic carbocycles. The Kier molecular flexibility index (Phi) is 8.02. The van der Waals surface area contributed by atoms with Crippen LogP contribution in [0, 0.1) is 0 Å². The normalized spacial score (nSPS) is 11.6. The van der Waals surface area contributed by atoms with Crippen LogP contribution in [0.5, 0.6) is 17.2 Å². The summed E-state index contributed by atoms with van der Waals surface area (Å²) in [5.41, 5.74) is 5.76. The molecular weight excluding hydrogens is 502 g/mol. The Balaban J connectivity index is 1.55. The Morgan fingerprint density at radius 3 is 2.39 bits per heavy atom. The van der Waals surface area contributed by atoms with Gasteiger partial charge in [0.15, 0.2) is 11.0 Å². The molecule has 0 atom stereocenters. The minimum atomic E-state index is -0.357. The average Bonchev–Trinajstić information content (AvgIpc) is 3.32. The third kappa shape index (κ3) is 6.33. The van der Waals surface area contributed by atoms with E-state index in [9.17, 15) is 15.0 Å². The zero-order valence-electron chi connectivity index (χ0n) is 21.5. The maximum absolute atomic E-state index is 12.5. The summed E-state index contributed by atoms with van der Waals surface area (Å²) in [5.74, 6) is 0.850. The maximum Gasteiger partial charge on any atom is 0.250 e. The van der Waals surface area contributed by atoms with Gasteiger partial charge in [-0.25, -0.2) is 5.43 Å². The van der Waals surface area contributed by atoms with Gasteiger partial charge in [-0.1, -0.05) is 56.8 Å². The number of benzene rings is 3. The molecule has 0 saturated carbocycles. The van der Waals surface area contributed by atoms with Crippen molar-refractivity contribution in [3.8, 4) is 34.3 Å². The number of nitrogens with one attached hydrogen (secondary N) is 1. The van der Waals surface area contributed by atoms with Crippen LogP contribution < -0.4 is 10.2 Å². The summed E-state index contributed by atoms with van der Waals surface area (Å²) in [6, 6.07) is 19.9. The number of nitrogens with zero attached hydrogens (tertiary/aromatic N) is 4. The van der Waals surface area contributed by atoms with Gasteiger partial charge >= 0.3 is 0 Å². The quantitative estimate of drug-likeness (QED) is 0.168. The Morgan fingerprint density at radius 1 is 1.05 bits per heavy atom. The van der Waals surface area contributed by atoms with Crippen LogP contribution in [0.3, 0.4) is 0 Å². The molecule has 0 radical (unpaired) electrons. The number of rotatable bonds is 8. The van der Waals surface area contributed by atoms with Crippen molar-refractivity contribution in [3.63, 3.8) is 0 Å². The highest BCUT2D eigenvalue weighted by molar-refractivity contribution is 7.99. The summed E-state index contributed by atoms with van der Waals surface area (Å²) in [7, 11) is 1.61. The topological polar surface area (TPSA) is 122 Å². The second-order valence-electron chi connectivity index (χ2n) is 9.49. The summed E-state index contributed by atoms with van der Waals surface area (Å²) in [5, 5.41) is 32.5. The second kappa shape index (κ2) is 11.4. The lowest BCUT2D eigenvalue weighted by Gasteiger charge is -2.19. The van der Waals surface area contributed by atoms with Crippen LogP contribution >= 0.6 is 11.8 Å². The van der Waals surface area contributed by atoms with Gasteiger partial charge in [0.2, 0.25) is 0 Å². The second-order valence-corrected chi connectivity index (χ2v) is 10.4. The Bertz CT molecular complexity index is 1440. The van der Waals surface area contributed by atoms with Crippen molar-refractivity contribution in [2.75, 3.05) is 12.9 Å². The van der Waals surface area contributed by atoms with E-state index in [1.54, 1.807) is 7.11 Å². The first-order valence-corrected chi connectivity index (χ1v) is 12.8. The Labute approximate surface area is 225 Å². The number of hydrogen-bond acceptors (Lipinski definition) is 8. The van der Waals surface area contributed by atoms with Crippen molar-refractivity contribution in [2.24, 2.45) is 5.10 Å². The number of carbonyl (C=O) groups is 1. The predicted molar refractivity (Wildman–Crippen MR) is 148 cm³/mol. The van der Waals surface area contributed by atoms with Gasteiger partial charge in [-0.05, 0) is 47.4 Å². The van der Waals surface area contributed by atoms with Crippen molar-refractivity contribution in [1.29, 1.82) is 0 Å². The number of hydrazone groups is 1. The van der Waals surface area contributed by atoms with E-state index in [0.717, 1.165) is 17.0 Å². The number of phenols is 2. The summed E-state index contributed by atoms with van der Waals surface area (Å²) >= 11 is 1.22. The van der Waals surface area contributed by atoms with Crippen molar-refractivity contribution in [1.82, 2.24) is 20.2 Å². The highest BCUT2D eigenvalue weighted by Gasteiger charge is 2.19. The van der Waals surface area contributed by atoms with Crippen LogP contribution in [0.2, 0.25) is 0 Å². The molecule has 0 saturated heterocycles. The van der Waals surface area contributed by atoms with E-state index < -0.39 is 0 Å². The zero-order valence-corrected chi connectivity index (χ0v) is 22.4. The molecule has 0 aliphatic rings. The van der Waals surface area contributed by atoms with Crippen LogP contribution in [0.1, 0.15) is 31.9 Å². The SMILES string of the molecule is COc1ccc(-n2c(SCC(=O)N/N=C/c3ccc(O)cc3O)nnc2-c2ccc(C(C)(C)C)cc2)cc1. The first kappa shape index (κ1) is 26.7. The molecular formula is C28H29N5O4S. The molecule has 0 unspecified atom stereocenters. The first-order valence-electron chi connectivity index (χ1n) is 11.8. The predicted octanol–water partition coefficient (Wildman–Crippen LogP) is 4.89. The number of methoxy groups -OCH3 is 1. The van der Waals surface area contributed by atoms with Crippen molar-refractivity contribution < 1.29 is 19.7 Å². The molecule has 0 fully saturated rings. The summed E-state index contributed by atoms with van der Waals surface area (Å²) in [6.07, 6.45) is 1.30. The zero-order chi connectivity index (χ0) is 27.3. The Hall–Kier alpha value is -4.31. The molecule has 3 N–H and O–H groups in total. The monoisotopic (exact) mass is 531 g/mol. The van der Waals surface area contributed by atoms with Crippen molar-refractivity contribution in [2.45, 2.75) is 31.3 Å². The van der Waals surface area contributed by atoms with Gasteiger partial charge in [-0.2, -0.15) is 5.10 Å². The number of thioether (sulfide) groups is 1. The highest BCUT2D eigenvalue weighted by Crippen LogP contribution is 2.31. The van der Waals surface area contributed by atoms with Crippen LogP contribution in [-0.2, 0) is 10.2 Å². The third-order valence-electron chi connectivity index (χ3n) is 5.71. The van der Waals surface area contributed by atoms with E-state index in [2.05, 4.69) is 53.6 Å². The van der Waals surface area contributed by atoms with E-state index in [4.69, 9.17) is 4.74 Å². The van der Waals surface area contributed by atoms with Gasteiger partial charge in [0.25, 0.3) is 5.91 Å². The smallest absolute Gasteiger partial charge is 0.250 e. The molecule has 10 heteroatoms. The lowest BCUT2D eigenvalue weighted by Crippen LogP contribution is -2.20. The fourth-order valence-corrected chi connectivity index (χ4v) is 4.36. The van der Waals surface area contributed by atoms with Crippen molar-refractivity contribution >= 4 is 23.9 Å². The first-order chi connectivity index (χ1) is 18.2. The number of aromatic nitrogens is 3. The molecule has 196 valence electrons. The molecule has 1 aromatic heterocycles. The fourth-order valence-electron chi connectivity index (χ4n) is 3.61. The van der Waals surface area contributed by atoms with Gasteiger partial charge < -0.3 is 14.9 Å². The molecule has 9 nitrogen and oxygen atoms in total. The maximum atomic E-state index is 12.5. The number of carbonyl (C=O) groups excluding carboxylic acids is 1. The lowest BCUT2D eigenvalue weighted by molar-refractivity contribution is -0.118. The average molecular weight is 532 g/mol. The summed E-state index contributed by atoms with van der Waals surface area (Å²) < 4.78 is 7.20. The van der Waals surface area contributed by atoms with E-state index in [1.165, 1.54) is 41.7 Å². The molecule has 0 bridgehead atoms. The largest absolute Gasteiger partial charge is 0.508 e. The number of phenolic OH excluding ortho intramolecular Hbond substituents is 2. The molecule has 38 heavy (non-hydrogen) atoms. The van der Waals surface area contributed by atoms with Crippen LogP contribution in [0.25, 0.3) is 17.1 Å². The summed E-state index contributed by atoms with van der Waals surface area (Å²) in [6.45, 7) is 6.50. The number of amides is 1. The number of ether oxygens (including phenoxy) is 1. The molecule has 4 aromatic rings. The highest BCUT2D eigenvalue weighted by atomic mass is 32.2. The molecule has 0 aliphatic heterocycles. The van der Waals surface area contributed by atoms with Crippen LogP contribution in [-0.4, -0.2) is 50.0 Å². The lowest BCUT2D eigenvalue weighted by atomic mass is 9.87. The van der Waals surface area contributed by atoms with E-state index in [-0.39, 0.29) is 28.6 Å². The summed E-state index contributed by atoms with van der Waals surface area (Å²) in [4.78, 5) is 12.5. The van der Waals surface area contributed by atoms with Gasteiger partial charge in [0, 0.05) is 22.9 Å². The minimum absolute atomic E-state index is 0.0278. The van der Waals surface area contributed by atoms with E-state index in [1.807, 2.05) is 41.0 Å². The Morgan fingerprint density at radius 2 is 1.76 bits per heavy atom. The van der Waals surface area contributed by atoms with E-state index in [0.29, 0.717) is 16.5 Å². The van der Waals surface area contributed by atoms with Gasteiger partial charge in [0.1, 0.15) is 17.2 Å².